The smallest absolute Gasteiger partial charge is 0.326 e. The number of ether oxygens (including phenoxy) is 3. The molecule has 0 aliphatic carbocycles. The molecule has 2 aromatic rings. The number of carboxylic acid groups (broad SMARTS) is 1. The van der Waals surface area contributed by atoms with Crippen LogP contribution in [0, 0.1) is 0 Å². The molecule has 0 fully saturated rings. The van der Waals surface area contributed by atoms with Gasteiger partial charge in [0.1, 0.15) is 6.04 Å². The van der Waals surface area contributed by atoms with Crippen molar-refractivity contribution in [2.24, 2.45) is 0 Å². The van der Waals surface area contributed by atoms with E-state index in [1.807, 2.05) is 24.3 Å². The van der Waals surface area contributed by atoms with Crippen molar-refractivity contribution in [2.45, 2.75) is 31.8 Å². The van der Waals surface area contributed by atoms with Gasteiger partial charge in [-0.25, -0.2) is 4.79 Å². The number of benzene rings is 2. The molecular formula is C22H25NO6. The molecular weight excluding hydrogens is 374 g/mol. The van der Waals surface area contributed by atoms with E-state index in [2.05, 4.69) is 0 Å². The zero-order valence-corrected chi connectivity index (χ0v) is 16.8. The number of methoxy groups -OCH3 is 3. The van der Waals surface area contributed by atoms with Crippen LogP contribution in [0.5, 0.6) is 17.2 Å². The van der Waals surface area contributed by atoms with Crippen molar-refractivity contribution < 1.29 is 28.9 Å². The normalized spacial score (nSPS) is 15.4. The van der Waals surface area contributed by atoms with Crippen LogP contribution >= 0.6 is 0 Å². The van der Waals surface area contributed by atoms with Gasteiger partial charge in [0.25, 0.3) is 0 Å². The highest BCUT2D eigenvalue weighted by atomic mass is 16.5. The number of aliphatic carboxylic acids is 1. The number of hydrogen-bond acceptors (Lipinski definition) is 5. The Morgan fingerprint density at radius 1 is 1.03 bits per heavy atom. The largest absolute Gasteiger partial charge is 0.493 e. The van der Waals surface area contributed by atoms with Crippen molar-refractivity contribution in [1.82, 2.24) is 4.90 Å². The van der Waals surface area contributed by atoms with Crippen molar-refractivity contribution in [3.8, 4) is 17.2 Å². The Balaban J connectivity index is 1.77. The van der Waals surface area contributed by atoms with Gasteiger partial charge >= 0.3 is 5.97 Å². The summed E-state index contributed by atoms with van der Waals surface area (Å²) < 4.78 is 16.0. The first-order valence-electron chi connectivity index (χ1n) is 9.36. The molecule has 7 heteroatoms. The average Bonchev–Trinajstić information content (AvgIpc) is 2.75. The van der Waals surface area contributed by atoms with Crippen LogP contribution in [-0.4, -0.2) is 49.3 Å². The molecule has 0 radical (unpaired) electrons. The molecule has 1 aliphatic rings. The monoisotopic (exact) mass is 399 g/mol. The molecule has 3 rings (SSSR count). The van der Waals surface area contributed by atoms with Crippen LogP contribution in [0.25, 0.3) is 0 Å². The van der Waals surface area contributed by atoms with E-state index < -0.39 is 12.0 Å². The van der Waals surface area contributed by atoms with Gasteiger partial charge < -0.3 is 24.2 Å². The van der Waals surface area contributed by atoms with Gasteiger partial charge in [-0.2, -0.15) is 0 Å². The van der Waals surface area contributed by atoms with Gasteiger partial charge in [0.15, 0.2) is 11.5 Å². The molecule has 1 atom stereocenters. The maximum atomic E-state index is 12.9. The molecule has 154 valence electrons. The minimum Gasteiger partial charge on any atom is -0.493 e. The van der Waals surface area contributed by atoms with Crippen molar-refractivity contribution in [2.75, 3.05) is 21.3 Å². The number of aryl methyl sites for hydroxylation is 1. The van der Waals surface area contributed by atoms with Gasteiger partial charge in [0, 0.05) is 19.4 Å². The van der Waals surface area contributed by atoms with Crippen LogP contribution in [0.2, 0.25) is 0 Å². The lowest BCUT2D eigenvalue weighted by atomic mass is 9.93. The van der Waals surface area contributed by atoms with Gasteiger partial charge in [-0.1, -0.05) is 24.3 Å². The fraction of sp³-hybridized carbons (Fsp3) is 0.364. The van der Waals surface area contributed by atoms with Crippen LogP contribution < -0.4 is 14.2 Å². The summed E-state index contributed by atoms with van der Waals surface area (Å²) in [5, 5.41) is 9.62. The average molecular weight is 399 g/mol. The standard InChI is InChI=1S/C22H25NO6/c1-27-18-10-14(11-19(28-2)21(18)29-3)8-9-20(24)23-13-16-7-5-4-6-15(16)12-17(23)22(25)26/h4-7,10-11,17H,8-9,12-13H2,1-3H3,(H,25,26). The second-order valence-electron chi connectivity index (χ2n) is 6.88. The van der Waals surface area contributed by atoms with E-state index in [-0.39, 0.29) is 12.3 Å². The fourth-order valence-corrected chi connectivity index (χ4v) is 3.68. The van der Waals surface area contributed by atoms with Crippen molar-refractivity contribution >= 4 is 11.9 Å². The minimum absolute atomic E-state index is 0.185. The van der Waals surface area contributed by atoms with E-state index in [9.17, 15) is 14.7 Å². The van der Waals surface area contributed by atoms with Crippen LogP contribution in [0.15, 0.2) is 36.4 Å². The minimum atomic E-state index is -0.986. The molecule has 7 nitrogen and oxygen atoms in total. The molecule has 0 spiro atoms. The van der Waals surface area contributed by atoms with E-state index in [0.29, 0.717) is 36.6 Å². The van der Waals surface area contributed by atoms with Gasteiger partial charge in [0.05, 0.1) is 21.3 Å². The van der Waals surface area contributed by atoms with Crippen molar-refractivity contribution in [1.29, 1.82) is 0 Å². The van der Waals surface area contributed by atoms with Crippen LogP contribution in [-0.2, 0) is 29.0 Å². The zero-order valence-electron chi connectivity index (χ0n) is 16.8. The first-order chi connectivity index (χ1) is 14.0. The lowest BCUT2D eigenvalue weighted by Crippen LogP contribution is -2.48. The number of rotatable bonds is 7. The van der Waals surface area contributed by atoms with Gasteiger partial charge in [-0.15, -0.1) is 0 Å². The predicted molar refractivity (Wildman–Crippen MR) is 107 cm³/mol. The third-order valence-corrected chi connectivity index (χ3v) is 5.21. The molecule has 1 heterocycles. The molecule has 29 heavy (non-hydrogen) atoms. The molecule has 1 N–H and O–H groups in total. The number of carbonyl (C=O) groups is 2. The Labute approximate surface area is 169 Å². The van der Waals surface area contributed by atoms with Crippen LogP contribution in [0.4, 0.5) is 0 Å². The highest BCUT2D eigenvalue weighted by Gasteiger charge is 2.34. The molecule has 0 bridgehead atoms. The van der Waals surface area contributed by atoms with E-state index in [4.69, 9.17) is 14.2 Å². The van der Waals surface area contributed by atoms with Crippen LogP contribution in [0.1, 0.15) is 23.1 Å². The molecule has 0 saturated carbocycles. The molecule has 1 aliphatic heterocycles. The summed E-state index contributed by atoms with van der Waals surface area (Å²) in [5.74, 6) is 0.346. The fourth-order valence-electron chi connectivity index (χ4n) is 3.68. The topological polar surface area (TPSA) is 85.3 Å². The summed E-state index contributed by atoms with van der Waals surface area (Å²) in [6, 6.07) is 10.4. The second-order valence-corrected chi connectivity index (χ2v) is 6.88. The summed E-state index contributed by atoms with van der Waals surface area (Å²) in [7, 11) is 4.60. The lowest BCUT2D eigenvalue weighted by Gasteiger charge is -2.34. The Morgan fingerprint density at radius 3 is 2.21 bits per heavy atom. The highest BCUT2D eigenvalue weighted by Crippen LogP contribution is 2.38. The first kappa shape index (κ1) is 20.5. The lowest BCUT2D eigenvalue weighted by molar-refractivity contribution is -0.151. The highest BCUT2D eigenvalue weighted by molar-refractivity contribution is 5.84. The molecule has 1 unspecified atom stereocenters. The van der Waals surface area contributed by atoms with E-state index >= 15 is 0 Å². The Kier molecular flexibility index (Phi) is 6.26. The Hall–Kier alpha value is -3.22. The number of nitrogens with zero attached hydrogens (tertiary/aromatic N) is 1. The Morgan fingerprint density at radius 2 is 1.66 bits per heavy atom. The number of carboxylic acids is 1. The number of amides is 1. The third kappa shape index (κ3) is 4.29. The SMILES string of the molecule is COc1cc(CCC(=O)N2Cc3ccccc3CC2C(=O)O)cc(OC)c1OC. The van der Waals surface area contributed by atoms with Gasteiger partial charge in [-0.05, 0) is 35.2 Å². The van der Waals surface area contributed by atoms with Crippen molar-refractivity contribution in [3.05, 3.63) is 53.1 Å². The van der Waals surface area contributed by atoms with Crippen molar-refractivity contribution in [3.63, 3.8) is 0 Å². The molecule has 1 amide bonds. The summed E-state index contributed by atoms with van der Waals surface area (Å²) >= 11 is 0. The number of fused-ring (bicyclic) bond motifs is 1. The number of carbonyl (C=O) groups excluding carboxylic acids is 1. The zero-order chi connectivity index (χ0) is 21.0. The van der Waals surface area contributed by atoms with E-state index in [0.717, 1.165) is 16.7 Å². The maximum Gasteiger partial charge on any atom is 0.326 e. The predicted octanol–water partition coefficient (Wildman–Crippen LogP) is 2.68. The molecule has 0 saturated heterocycles. The van der Waals surface area contributed by atoms with Gasteiger partial charge in [-0.3, -0.25) is 4.79 Å². The quantitative estimate of drug-likeness (QED) is 0.771. The molecule has 2 aromatic carbocycles. The van der Waals surface area contributed by atoms with Gasteiger partial charge in [0.2, 0.25) is 11.7 Å². The summed E-state index contributed by atoms with van der Waals surface area (Å²) in [4.78, 5) is 26.1. The second kappa shape index (κ2) is 8.86. The maximum absolute atomic E-state index is 12.9. The van der Waals surface area contributed by atoms with E-state index in [1.54, 1.807) is 12.1 Å². The summed E-state index contributed by atoms with van der Waals surface area (Å²) in [5.41, 5.74) is 2.82. The number of hydrogen-bond donors (Lipinski definition) is 1. The molecule has 0 aromatic heterocycles. The van der Waals surface area contributed by atoms with Crippen LogP contribution in [0.3, 0.4) is 0 Å². The Bertz CT molecular complexity index is 885. The summed E-state index contributed by atoms with van der Waals surface area (Å²) in [6.07, 6.45) is 0.937. The van der Waals surface area contributed by atoms with E-state index in [1.165, 1.54) is 26.2 Å². The third-order valence-electron chi connectivity index (χ3n) is 5.21. The summed E-state index contributed by atoms with van der Waals surface area (Å²) in [6.45, 7) is 0.307. The first-order valence-corrected chi connectivity index (χ1v) is 9.36.